The van der Waals surface area contributed by atoms with Crippen LogP contribution in [0.4, 0.5) is 0 Å². The zero-order valence-electron chi connectivity index (χ0n) is 14.3. The van der Waals surface area contributed by atoms with Gasteiger partial charge < -0.3 is 10.5 Å². The molecule has 4 nitrogen and oxygen atoms in total. The first kappa shape index (κ1) is 15.9. The van der Waals surface area contributed by atoms with Crippen LogP contribution in [-0.2, 0) is 4.74 Å². The van der Waals surface area contributed by atoms with E-state index in [4.69, 9.17) is 10.5 Å². The fraction of sp³-hybridized carbons (Fsp3) is 0.550. The molecule has 0 spiro atoms. The molecule has 1 aliphatic carbocycles. The molecule has 0 amide bonds. The van der Waals surface area contributed by atoms with E-state index in [1.165, 1.54) is 50.3 Å². The number of carbonyl (C=O) groups excluding carboxylic acids is 1. The predicted molar refractivity (Wildman–Crippen MR) is 93.7 cm³/mol. The summed E-state index contributed by atoms with van der Waals surface area (Å²) in [5, 5.41) is 0. The number of benzene rings is 1. The van der Waals surface area contributed by atoms with Gasteiger partial charge in [-0.15, -0.1) is 0 Å². The fourth-order valence-corrected chi connectivity index (χ4v) is 4.60. The number of hydrogen-bond acceptors (Lipinski definition) is 4. The molecule has 1 aromatic carbocycles. The minimum atomic E-state index is -0.255. The minimum absolute atomic E-state index is 0.255. The van der Waals surface area contributed by atoms with Crippen molar-refractivity contribution in [2.24, 2.45) is 11.7 Å². The van der Waals surface area contributed by atoms with Crippen LogP contribution in [0.3, 0.4) is 0 Å². The zero-order valence-corrected chi connectivity index (χ0v) is 14.3. The molecule has 2 atom stereocenters. The zero-order chi connectivity index (χ0) is 16.7. The summed E-state index contributed by atoms with van der Waals surface area (Å²) < 4.78 is 4.86. The van der Waals surface area contributed by atoms with Gasteiger partial charge in [0, 0.05) is 12.6 Å². The van der Waals surface area contributed by atoms with Crippen molar-refractivity contribution < 1.29 is 9.53 Å². The van der Waals surface area contributed by atoms with Crippen molar-refractivity contribution in [3.05, 3.63) is 47.0 Å². The van der Waals surface area contributed by atoms with E-state index in [9.17, 15) is 4.79 Å². The summed E-state index contributed by atoms with van der Waals surface area (Å²) in [6, 6.07) is 7.12. The lowest BCUT2D eigenvalue weighted by atomic mass is 9.84. The summed E-state index contributed by atoms with van der Waals surface area (Å²) in [6.07, 6.45) is 10.7. The highest BCUT2D eigenvalue weighted by atomic mass is 16.5. The van der Waals surface area contributed by atoms with Gasteiger partial charge in [-0.05, 0) is 61.3 Å². The van der Waals surface area contributed by atoms with E-state index in [0.717, 1.165) is 12.5 Å². The molecule has 4 rings (SSSR count). The van der Waals surface area contributed by atoms with Gasteiger partial charge in [-0.25, -0.2) is 4.79 Å². The van der Waals surface area contributed by atoms with Gasteiger partial charge in [0.25, 0.3) is 0 Å². The molecular formula is C20H26N2O2. The predicted octanol–water partition coefficient (Wildman–Crippen LogP) is 3.35. The van der Waals surface area contributed by atoms with Crippen LogP contribution in [0.5, 0.6) is 0 Å². The van der Waals surface area contributed by atoms with Crippen molar-refractivity contribution in [2.45, 2.75) is 50.2 Å². The van der Waals surface area contributed by atoms with E-state index in [1.807, 2.05) is 12.1 Å². The molecule has 4 heteroatoms. The maximum absolute atomic E-state index is 11.8. The summed E-state index contributed by atoms with van der Waals surface area (Å²) in [6.45, 7) is 1.12. The average molecular weight is 326 g/mol. The Morgan fingerprint density at radius 3 is 2.58 bits per heavy atom. The van der Waals surface area contributed by atoms with Gasteiger partial charge in [0.15, 0.2) is 0 Å². The maximum atomic E-state index is 11.8. The van der Waals surface area contributed by atoms with Gasteiger partial charge in [0.2, 0.25) is 0 Å². The second-order valence-electron chi connectivity index (χ2n) is 7.42. The van der Waals surface area contributed by atoms with Gasteiger partial charge in [0.1, 0.15) is 0 Å². The third-order valence-electron chi connectivity index (χ3n) is 6.02. The number of fused-ring (bicyclic) bond motifs is 5. The summed E-state index contributed by atoms with van der Waals surface area (Å²) in [5.74, 6) is 0.563. The number of nitrogens with zero attached hydrogens (tertiary/aromatic N) is 1. The van der Waals surface area contributed by atoms with Gasteiger partial charge in [-0.2, -0.15) is 0 Å². The van der Waals surface area contributed by atoms with Crippen LogP contribution in [0, 0.1) is 5.92 Å². The molecular weight excluding hydrogens is 300 g/mol. The number of carbonyl (C=O) groups is 1. The Labute approximate surface area is 143 Å². The molecule has 128 valence electrons. The second kappa shape index (κ2) is 6.34. The van der Waals surface area contributed by atoms with E-state index in [1.54, 1.807) is 0 Å². The van der Waals surface area contributed by atoms with E-state index >= 15 is 0 Å². The normalized spacial score (nSPS) is 31.2. The SMILES string of the molecule is COC(=O)c1ccc2c(c1)C1C=CC2N1CCC1CCC(N)CC1. The third-order valence-corrected chi connectivity index (χ3v) is 6.02. The molecule has 0 aromatic heterocycles. The second-order valence-corrected chi connectivity index (χ2v) is 7.42. The van der Waals surface area contributed by atoms with Crippen LogP contribution in [-0.4, -0.2) is 30.6 Å². The first-order valence-corrected chi connectivity index (χ1v) is 9.09. The summed E-state index contributed by atoms with van der Waals surface area (Å²) >= 11 is 0. The molecule has 2 heterocycles. The standard InChI is InChI=1S/C20H26N2O2/c1-24-20(23)14-4-7-16-17(12-14)19-9-8-18(16)22(19)11-10-13-2-5-15(21)6-3-13/h4,7-9,12-13,15,18-19H,2-3,5-6,10-11,21H2,1H3. The number of methoxy groups -OCH3 is 1. The largest absolute Gasteiger partial charge is 0.465 e. The molecule has 2 bridgehead atoms. The van der Waals surface area contributed by atoms with Crippen molar-refractivity contribution in [2.75, 3.05) is 13.7 Å². The molecule has 1 aromatic rings. The van der Waals surface area contributed by atoms with E-state index in [-0.39, 0.29) is 5.97 Å². The topological polar surface area (TPSA) is 55.6 Å². The molecule has 2 aliphatic heterocycles. The molecule has 1 saturated carbocycles. The summed E-state index contributed by atoms with van der Waals surface area (Å²) in [7, 11) is 1.43. The highest BCUT2D eigenvalue weighted by Crippen LogP contribution is 2.49. The fourth-order valence-electron chi connectivity index (χ4n) is 4.60. The lowest BCUT2D eigenvalue weighted by Crippen LogP contribution is -2.29. The van der Waals surface area contributed by atoms with Gasteiger partial charge in [0.05, 0.1) is 24.8 Å². The maximum Gasteiger partial charge on any atom is 0.337 e. The van der Waals surface area contributed by atoms with Crippen molar-refractivity contribution in [3.63, 3.8) is 0 Å². The first-order valence-electron chi connectivity index (χ1n) is 9.09. The van der Waals surface area contributed by atoms with Crippen LogP contribution >= 0.6 is 0 Å². The Morgan fingerprint density at radius 1 is 1.17 bits per heavy atom. The van der Waals surface area contributed by atoms with Crippen molar-refractivity contribution >= 4 is 5.97 Å². The number of hydrogen-bond donors (Lipinski definition) is 1. The molecule has 0 saturated heterocycles. The molecule has 3 aliphatic rings. The average Bonchev–Trinajstić information content (AvgIpc) is 3.16. The molecule has 2 unspecified atom stereocenters. The minimum Gasteiger partial charge on any atom is -0.465 e. The Balaban J connectivity index is 1.45. The van der Waals surface area contributed by atoms with Crippen LogP contribution < -0.4 is 5.73 Å². The lowest BCUT2D eigenvalue weighted by molar-refractivity contribution is 0.0600. The van der Waals surface area contributed by atoms with Crippen LogP contribution in [0.25, 0.3) is 0 Å². The Hall–Kier alpha value is -1.65. The molecule has 0 radical (unpaired) electrons. The van der Waals surface area contributed by atoms with Crippen molar-refractivity contribution in [1.82, 2.24) is 4.90 Å². The summed E-state index contributed by atoms with van der Waals surface area (Å²) in [4.78, 5) is 14.4. The lowest BCUT2D eigenvalue weighted by Gasteiger charge is -2.29. The Morgan fingerprint density at radius 2 is 1.88 bits per heavy atom. The van der Waals surface area contributed by atoms with Crippen molar-refractivity contribution in [3.8, 4) is 0 Å². The van der Waals surface area contributed by atoms with Crippen LogP contribution in [0.1, 0.15) is 65.7 Å². The highest BCUT2D eigenvalue weighted by molar-refractivity contribution is 5.89. The van der Waals surface area contributed by atoms with E-state index < -0.39 is 0 Å². The molecule has 2 N–H and O–H groups in total. The van der Waals surface area contributed by atoms with Gasteiger partial charge >= 0.3 is 5.97 Å². The quantitative estimate of drug-likeness (QED) is 0.681. The first-order chi connectivity index (χ1) is 11.7. The van der Waals surface area contributed by atoms with E-state index in [2.05, 4.69) is 23.1 Å². The highest BCUT2D eigenvalue weighted by Gasteiger charge is 2.40. The summed E-state index contributed by atoms with van der Waals surface area (Å²) in [5.41, 5.74) is 9.29. The number of esters is 1. The van der Waals surface area contributed by atoms with Crippen molar-refractivity contribution in [1.29, 1.82) is 0 Å². The Kier molecular flexibility index (Phi) is 4.19. The van der Waals surface area contributed by atoms with Crippen LogP contribution in [0.2, 0.25) is 0 Å². The van der Waals surface area contributed by atoms with Gasteiger partial charge in [-0.3, -0.25) is 4.90 Å². The number of nitrogens with two attached hydrogens (primary N) is 1. The van der Waals surface area contributed by atoms with Gasteiger partial charge in [-0.1, -0.05) is 18.2 Å². The monoisotopic (exact) mass is 326 g/mol. The number of rotatable bonds is 4. The Bertz CT molecular complexity index is 662. The van der Waals surface area contributed by atoms with Crippen LogP contribution in [0.15, 0.2) is 30.4 Å². The smallest absolute Gasteiger partial charge is 0.337 e. The number of ether oxygens (including phenoxy) is 1. The molecule has 24 heavy (non-hydrogen) atoms. The molecule has 1 fully saturated rings. The third kappa shape index (κ3) is 2.68. The van der Waals surface area contributed by atoms with E-state index in [0.29, 0.717) is 23.7 Å².